The number of hydrogen-bond donors (Lipinski definition) is 1. The molecule has 1 N–H and O–H groups in total. The first-order valence-electron chi connectivity index (χ1n) is 15.4. The predicted molar refractivity (Wildman–Crippen MR) is 172 cm³/mol. The van der Waals surface area contributed by atoms with Gasteiger partial charge in [0.25, 0.3) is 0 Å². The minimum Gasteiger partial charge on any atom is -0.462 e. The summed E-state index contributed by atoms with van der Waals surface area (Å²) in [6, 6.07) is 13.9. The monoisotopic (exact) mass is 610 g/mol. The molecule has 43 heavy (non-hydrogen) atoms. The predicted octanol–water partition coefficient (Wildman–Crippen LogP) is 7.19. The second-order valence-corrected chi connectivity index (χ2v) is 19.0. The van der Waals surface area contributed by atoms with Crippen LogP contribution in [0, 0.1) is 13.8 Å². The van der Waals surface area contributed by atoms with Gasteiger partial charge in [0.1, 0.15) is 12.2 Å². The minimum absolute atomic E-state index is 0.263. The molecule has 3 rings (SSSR count). The second-order valence-electron chi connectivity index (χ2n) is 13.3. The molecular weight excluding hydrogens is 560 g/mol. The van der Waals surface area contributed by atoms with E-state index in [1.165, 1.54) is 0 Å². The van der Waals surface area contributed by atoms with Gasteiger partial charge >= 0.3 is 11.9 Å². The van der Waals surface area contributed by atoms with E-state index in [1.54, 1.807) is 37.3 Å². The van der Waals surface area contributed by atoms with Crippen molar-refractivity contribution < 1.29 is 33.6 Å². The highest BCUT2D eigenvalue weighted by molar-refractivity contribution is 6.76. The van der Waals surface area contributed by atoms with Crippen LogP contribution in [0.4, 0.5) is 0 Å². The van der Waals surface area contributed by atoms with E-state index >= 15 is 0 Å². The van der Waals surface area contributed by atoms with E-state index in [4.69, 9.17) is 18.9 Å². The Hall–Kier alpha value is -2.78. The summed E-state index contributed by atoms with van der Waals surface area (Å²) in [6.07, 6.45) is 3.93. The maximum absolute atomic E-state index is 13.2. The van der Waals surface area contributed by atoms with Crippen molar-refractivity contribution in [1.82, 2.24) is 0 Å². The van der Waals surface area contributed by atoms with Gasteiger partial charge in [0.15, 0.2) is 5.79 Å². The highest BCUT2D eigenvalue weighted by Crippen LogP contribution is 2.35. The van der Waals surface area contributed by atoms with Crippen LogP contribution in [-0.4, -0.2) is 61.9 Å². The summed E-state index contributed by atoms with van der Waals surface area (Å²) >= 11 is 0. The van der Waals surface area contributed by atoms with Gasteiger partial charge in [-0.2, -0.15) is 0 Å². The average Bonchev–Trinajstić information content (AvgIpc) is 3.21. The molecule has 0 saturated carbocycles. The van der Waals surface area contributed by atoms with E-state index in [2.05, 4.69) is 25.7 Å². The number of rotatable bonds is 14. The van der Waals surface area contributed by atoms with Crippen molar-refractivity contribution in [3.63, 3.8) is 0 Å². The SMILES string of the molecule is Cc1cc(C)c(C(=O)OCC[Si](C)(C)C)c(CCC[C@@H]2OC(C)(C)OC2C(/C=C\C[C@H](C)O)OC(=O)c2ccccc2)c1. The highest BCUT2D eigenvalue weighted by atomic mass is 28.3. The number of aliphatic hydroxyl groups is 1. The summed E-state index contributed by atoms with van der Waals surface area (Å²) in [5.41, 5.74) is 4.09. The normalized spacial score (nSPS) is 19.7. The van der Waals surface area contributed by atoms with Crippen molar-refractivity contribution in [2.24, 2.45) is 0 Å². The summed E-state index contributed by atoms with van der Waals surface area (Å²) in [5, 5.41) is 9.79. The molecule has 236 valence electrons. The van der Waals surface area contributed by atoms with Gasteiger partial charge in [-0.3, -0.25) is 0 Å². The zero-order valence-electron chi connectivity index (χ0n) is 27.1. The highest BCUT2D eigenvalue weighted by Gasteiger charge is 2.45. The quantitative estimate of drug-likeness (QED) is 0.137. The second kappa shape index (κ2) is 15.3. The van der Waals surface area contributed by atoms with Crippen LogP contribution in [-0.2, 0) is 25.4 Å². The van der Waals surface area contributed by atoms with E-state index < -0.39 is 38.1 Å². The molecule has 0 aliphatic carbocycles. The Morgan fingerprint density at radius 2 is 1.77 bits per heavy atom. The molecule has 0 radical (unpaired) electrons. The summed E-state index contributed by atoms with van der Waals surface area (Å²) in [7, 11) is -1.32. The zero-order chi connectivity index (χ0) is 31.8. The van der Waals surface area contributed by atoms with E-state index in [0.717, 1.165) is 29.2 Å². The molecule has 1 aliphatic rings. The Labute approximate surface area is 258 Å². The third kappa shape index (κ3) is 11.0. The molecule has 2 aromatic carbocycles. The third-order valence-corrected chi connectivity index (χ3v) is 9.09. The Morgan fingerprint density at radius 3 is 2.42 bits per heavy atom. The standard InChI is InChI=1S/C35H50O7Si/c1-24-22-25(2)31(34(38)39-20-21-43(6,7)8)28(23-24)17-13-19-30-32(42-35(4,5)41-30)29(18-12-14-26(3)36)40-33(37)27-15-10-9-11-16-27/h9-12,15-16,18,22-23,26,29-30,32,36H,13-14,17,19-21H2,1-8H3/b18-12-/t26-,29?,30-,32?/m0/s1. The van der Waals surface area contributed by atoms with Gasteiger partial charge in [-0.1, -0.05) is 61.6 Å². The molecule has 2 unspecified atom stereocenters. The topological polar surface area (TPSA) is 91.3 Å². The van der Waals surface area contributed by atoms with Crippen LogP contribution >= 0.6 is 0 Å². The fourth-order valence-electron chi connectivity index (χ4n) is 5.32. The van der Waals surface area contributed by atoms with Gasteiger partial charge < -0.3 is 24.1 Å². The fourth-order valence-corrected chi connectivity index (χ4v) is 6.03. The van der Waals surface area contributed by atoms with Crippen LogP contribution < -0.4 is 0 Å². The summed E-state index contributed by atoms with van der Waals surface area (Å²) in [4.78, 5) is 26.2. The van der Waals surface area contributed by atoms with Gasteiger partial charge in [0.05, 0.1) is 29.9 Å². The number of benzene rings is 2. The van der Waals surface area contributed by atoms with Gasteiger partial charge in [-0.25, -0.2) is 9.59 Å². The smallest absolute Gasteiger partial charge is 0.338 e. The summed E-state index contributed by atoms with van der Waals surface area (Å²) in [6.45, 7) is 16.7. The molecule has 4 atom stereocenters. The van der Waals surface area contributed by atoms with E-state index in [1.807, 2.05) is 45.9 Å². The molecular formula is C35H50O7Si. The van der Waals surface area contributed by atoms with Crippen molar-refractivity contribution >= 4 is 20.0 Å². The van der Waals surface area contributed by atoms with Crippen LogP contribution in [0.5, 0.6) is 0 Å². The molecule has 0 bridgehead atoms. The molecule has 1 aliphatic heterocycles. The number of carbonyl (C=O) groups is 2. The first-order valence-corrected chi connectivity index (χ1v) is 19.1. The van der Waals surface area contributed by atoms with Crippen molar-refractivity contribution in [3.05, 3.63) is 82.4 Å². The molecule has 0 amide bonds. The van der Waals surface area contributed by atoms with E-state index in [9.17, 15) is 14.7 Å². The Kier molecular flexibility index (Phi) is 12.3. The number of hydrogen-bond acceptors (Lipinski definition) is 7. The number of ether oxygens (including phenoxy) is 4. The van der Waals surface area contributed by atoms with Crippen LogP contribution in [0.2, 0.25) is 25.7 Å². The van der Waals surface area contributed by atoms with Crippen molar-refractivity contribution in [1.29, 1.82) is 0 Å². The third-order valence-electron chi connectivity index (χ3n) is 7.39. The van der Waals surface area contributed by atoms with E-state index in [-0.39, 0.29) is 12.1 Å². The minimum atomic E-state index is -1.32. The zero-order valence-corrected chi connectivity index (χ0v) is 28.1. The average molecular weight is 611 g/mol. The van der Waals surface area contributed by atoms with E-state index in [0.29, 0.717) is 37.0 Å². The molecule has 1 fully saturated rings. The number of aliphatic hydroxyl groups excluding tert-OH is 1. The first kappa shape index (κ1) is 34.7. The number of carbonyl (C=O) groups excluding carboxylic acids is 2. The molecule has 7 nitrogen and oxygen atoms in total. The summed E-state index contributed by atoms with van der Waals surface area (Å²) < 4.78 is 24.3. The van der Waals surface area contributed by atoms with Crippen LogP contribution in [0.25, 0.3) is 0 Å². The van der Waals surface area contributed by atoms with Gasteiger partial charge in [0.2, 0.25) is 0 Å². The molecule has 2 aromatic rings. The van der Waals surface area contributed by atoms with Crippen LogP contribution in [0.3, 0.4) is 0 Å². The lowest BCUT2D eigenvalue weighted by molar-refractivity contribution is -0.153. The Morgan fingerprint density at radius 1 is 1.07 bits per heavy atom. The first-order chi connectivity index (χ1) is 20.1. The van der Waals surface area contributed by atoms with Gasteiger partial charge in [0, 0.05) is 8.07 Å². The molecule has 1 heterocycles. The molecule has 0 spiro atoms. The maximum Gasteiger partial charge on any atom is 0.338 e. The van der Waals surface area contributed by atoms with Crippen molar-refractivity contribution in [3.8, 4) is 0 Å². The van der Waals surface area contributed by atoms with Gasteiger partial charge in [-0.05, 0) is 95.7 Å². The molecule has 0 aromatic heterocycles. The molecule has 1 saturated heterocycles. The largest absolute Gasteiger partial charge is 0.462 e. The van der Waals surface area contributed by atoms with Crippen LogP contribution in [0.1, 0.15) is 77.4 Å². The van der Waals surface area contributed by atoms with Crippen molar-refractivity contribution in [2.45, 2.75) is 116 Å². The maximum atomic E-state index is 13.2. The van der Waals surface area contributed by atoms with Crippen molar-refractivity contribution in [2.75, 3.05) is 6.61 Å². The lowest BCUT2D eigenvalue weighted by Crippen LogP contribution is -2.37. The number of aryl methyl sites for hydroxylation is 3. The lowest BCUT2D eigenvalue weighted by atomic mass is 9.93. The van der Waals surface area contributed by atoms with Gasteiger partial charge in [-0.15, -0.1) is 0 Å². The fraction of sp³-hybridized carbons (Fsp3) is 0.543. The Balaban J connectivity index is 1.76. The number of esters is 2. The lowest BCUT2D eigenvalue weighted by Gasteiger charge is -2.25. The molecule has 8 heteroatoms. The summed E-state index contributed by atoms with van der Waals surface area (Å²) in [5.74, 6) is -1.58. The van der Waals surface area contributed by atoms with Crippen LogP contribution in [0.15, 0.2) is 54.6 Å². The Bertz CT molecular complexity index is 1250.